The number of benzene rings is 1. The van der Waals surface area contributed by atoms with Crippen molar-refractivity contribution >= 4 is 11.6 Å². The molecule has 0 bridgehead atoms. The summed E-state index contributed by atoms with van der Waals surface area (Å²) in [6.07, 6.45) is 0. The van der Waals surface area contributed by atoms with Crippen molar-refractivity contribution in [3.8, 4) is 5.75 Å². The molecule has 0 unspecified atom stereocenters. The first-order chi connectivity index (χ1) is 6.74. The van der Waals surface area contributed by atoms with Crippen LogP contribution in [-0.2, 0) is 0 Å². The zero-order chi connectivity index (χ0) is 10.4. The summed E-state index contributed by atoms with van der Waals surface area (Å²) in [7, 11) is 0. The molecule has 5 heteroatoms. The van der Waals surface area contributed by atoms with Crippen molar-refractivity contribution in [3.63, 3.8) is 0 Å². The van der Waals surface area contributed by atoms with Crippen molar-refractivity contribution in [2.24, 2.45) is 5.11 Å². The fourth-order valence-electron chi connectivity index (χ4n) is 0.971. The Balaban J connectivity index is 2.57. The first-order valence-electron chi connectivity index (χ1n) is 4.14. The van der Waals surface area contributed by atoms with Crippen molar-refractivity contribution in [2.45, 2.75) is 6.92 Å². The van der Waals surface area contributed by atoms with E-state index < -0.39 is 0 Å². The van der Waals surface area contributed by atoms with Crippen LogP contribution in [0.25, 0.3) is 10.4 Å². The average Bonchev–Trinajstić information content (AvgIpc) is 2.18. The van der Waals surface area contributed by atoms with Gasteiger partial charge in [0, 0.05) is 9.93 Å². The first kappa shape index (κ1) is 10.7. The van der Waals surface area contributed by atoms with Gasteiger partial charge < -0.3 is 4.74 Å². The lowest BCUT2D eigenvalue weighted by molar-refractivity contribution is 0.326. The molecule has 0 saturated carbocycles. The molecule has 1 aromatic rings. The average molecular weight is 212 g/mol. The van der Waals surface area contributed by atoms with Crippen LogP contribution in [0.5, 0.6) is 5.75 Å². The summed E-state index contributed by atoms with van der Waals surface area (Å²) < 4.78 is 5.37. The quantitative estimate of drug-likeness (QED) is 0.326. The minimum Gasteiger partial charge on any atom is -0.493 e. The molecule has 1 rings (SSSR count). The van der Waals surface area contributed by atoms with Crippen molar-refractivity contribution in [2.75, 3.05) is 13.2 Å². The van der Waals surface area contributed by atoms with Gasteiger partial charge in [-0.05, 0) is 30.2 Å². The molecule has 0 fully saturated rings. The number of hydrogen-bond acceptors (Lipinski definition) is 2. The summed E-state index contributed by atoms with van der Waals surface area (Å²) >= 11 is 5.79. The van der Waals surface area contributed by atoms with Crippen molar-refractivity contribution < 1.29 is 4.74 Å². The molecule has 0 aliphatic heterocycles. The van der Waals surface area contributed by atoms with Gasteiger partial charge in [0.05, 0.1) is 13.2 Å². The Hall–Kier alpha value is -1.38. The van der Waals surface area contributed by atoms with Gasteiger partial charge in [-0.3, -0.25) is 0 Å². The molecule has 0 saturated heterocycles. The van der Waals surface area contributed by atoms with Crippen LogP contribution in [-0.4, -0.2) is 13.2 Å². The van der Waals surface area contributed by atoms with E-state index in [0.29, 0.717) is 18.2 Å². The van der Waals surface area contributed by atoms with E-state index in [4.69, 9.17) is 21.9 Å². The second-order valence-corrected chi connectivity index (χ2v) is 3.15. The minimum atomic E-state index is 0.322. The van der Waals surface area contributed by atoms with Gasteiger partial charge in [-0.25, -0.2) is 0 Å². The van der Waals surface area contributed by atoms with Crippen LogP contribution < -0.4 is 4.74 Å². The predicted octanol–water partition coefficient (Wildman–Crippen LogP) is 3.34. The molecular weight excluding hydrogens is 202 g/mol. The van der Waals surface area contributed by atoms with Gasteiger partial charge in [0.1, 0.15) is 5.75 Å². The number of azide groups is 1. The molecule has 0 amide bonds. The van der Waals surface area contributed by atoms with Gasteiger partial charge in [0.25, 0.3) is 0 Å². The summed E-state index contributed by atoms with van der Waals surface area (Å²) in [6.45, 7) is 2.62. The monoisotopic (exact) mass is 211 g/mol. The molecule has 0 N–H and O–H groups in total. The first-order valence-corrected chi connectivity index (χ1v) is 4.51. The topological polar surface area (TPSA) is 58.0 Å². The SMILES string of the molecule is Cc1ccc(Cl)cc1OCCN=[N+]=[N-]. The summed E-state index contributed by atoms with van der Waals surface area (Å²) in [6, 6.07) is 5.43. The summed E-state index contributed by atoms with van der Waals surface area (Å²) in [4.78, 5) is 2.63. The van der Waals surface area contributed by atoms with Crippen molar-refractivity contribution in [1.29, 1.82) is 0 Å². The highest BCUT2D eigenvalue weighted by Gasteiger charge is 1.99. The zero-order valence-corrected chi connectivity index (χ0v) is 8.53. The maximum absolute atomic E-state index is 8.04. The van der Waals surface area contributed by atoms with E-state index in [0.717, 1.165) is 11.3 Å². The molecule has 0 aliphatic rings. The molecule has 74 valence electrons. The van der Waals surface area contributed by atoms with E-state index >= 15 is 0 Å². The minimum absolute atomic E-state index is 0.322. The standard InChI is InChI=1S/C9H10ClN3O/c1-7-2-3-8(10)6-9(7)14-5-4-12-13-11/h2-3,6H,4-5H2,1H3. The van der Waals surface area contributed by atoms with E-state index in [9.17, 15) is 0 Å². The van der Waals surface area contributed by atoms with E-state index in [1.807, 2.05) is 13.0 Å². The highest BCUT2D eigenvalue weighted by molar-refractivity contribution is 6.30. The van der Waals surface area contributed by atoms with Gasteiger partial charge in [-0.15, -0.1) is 0 Å². The Labute approximate surface area is 87.1 Å². The van der Waals surface area contributed by atoms with Crippen LogP contribution in [0.2, 0.25) is 5.02 Å². The number of rotatable bonds is 4. The normalized spacial score (nSPS) is 9.29. The molecule has 0 atom stereocenters. The number of nitrogens with zero attached hydrogens (tertiary/aromatic N) is 3. The van der Waals surface area contributed by atoms with E-state index in [1.165, 1.54) is 0 Å². The Morgan fingerprint density at radius 2 is 2.36 bits per heavy atom. The molecule has 1 aromatic carbocycles. The molecule has 4 nitrogen and oxygen atoms in total. The lowest BCUT2D eigenvalue weighted by Crippen LogP contribution is -2.01. The molecular formula is C9H10ClN3O. The maximum Gasteiger partial charge on any atom is 0.123 e. The van der Waals surface area contributed by atoms with Crippen LogP contribution in [0.15, 0.2) is 23.3 Å². The fourth-order valence-corrected chi connectivity index (χ4v) is 1.13. The smallest absolute Gasteiger partial charge is 0.123 e. The molecule has 0 aliphatic carbocycles. The number of hydrogen-bond donors (Lipinski definition) is 0. The highest BCUT2D eigenvalue weighted by atomic mass is 35.5. The van der Waals surface area contributed by atoms with Gasteiger partial charge in [0.15, 0.2) is 0 Å². The van der Waals surface area contributed by atoms with Gasteiger partial charge in [-0.1, -0.05) is 22.8 Å². The molecule has 0 aromatic heterocycles. The Morgan fingerprint density at radius 1 is 1.57 bits per heavy atom. The second kappa shape index (κ2) is 5.37. The highest BCUT2D eigenvalue weighted by Crippen LogP contribution is 2.22. The van der Waals surface area contributed by atoms with Gasteiger partial charge in [-0.2, -0.15) is 0 Å². The third kappa shape index (κ3) is 3.17. The Kier molecular flexibility index (Phi) is 4.11. The second-order valence-electron chi connectivity index (χ2n) is 2.71. The summed E-state index contributed by atoms with van der Waals surface area (Å²) in [5.74, 6) is 0.727. The van der Waals surface area contributed by atoms with Crippen LogP contribution >= 0.6 is 11.6 Å². The van der Waals surface area contributed by atoms with Crippen LogP contribution in [0.4, 0.5) is 0 Å². The van der Waals surface area contributed by atoms with E-state index in [1.54, 1.807) is 12.1 Å². The zero-order valence-electron chi connectivity index (χ0n) is 7.77. The lowest BCUT2D eigenvalue weighted by atomic mass is 10.2. The number of ether oxygens (including phenoxy) is 1. The summed E-state index contributed by atoms with van der Waals surface area (Å²) in [5.41, 5.74) is 9.05. The van der Waals surface area contributed by atoms with Crippen LogP contribution in [0.1, 0.15) is 5.56 Å². The van der Waals surface area contributed by atoms with E-state index in [2.05, 4.69) is 10.0 Å². The lowest BCUT2D eigenvalue weighted by Gasteiger charge is -2.07. The predicted molar refractivity (Wildman–Crippen MR) is 55.7 cm³/mol. The van der Waals surface area contributed by atoms with Crippen molar-refractivity contribution in [3.05, 3.63) is 39.2 Å². The number of halogens is 1. The molecule has 0 radical (unpaired) electrons. The van der Waals surface area contributed by atoms with Gasteiger partial charge in [0.2, 0.25) is 0 Å². The molecule has 0 heterocycles. The fraction of sp³-hybridized carbons (Fsp3) is 0.333. The third-order valence-electron chi connectivity index (χ3n) is 1.66. The van der Waals surface area contributed by atoms with Crippen molar-refractivity contribution in [1.82, 2.24) is 0 Å². The van der Waals surface area contributed by atoms with Crippen LogP contribution in [0.3, 0.4) is 0 Å². The Bertz CT molecular complexity index is 361. The summed E-state index contributed by atoms with van der Waals surface area (Å²) in [5, 5.41) is 4.00. The molecule has 14 heavy (non-hydrogen) atoms. The Morgan fingerprint density at radius 3 is 3.07 bits per heavy atom. The maximum atomic E-state index is 8.04. The number of aryl methyl sites for hydroxylation is 1. The third-order valence-corrected chi connectivity index (χ3v) is 1.90. The van der Waals surface area contributed by atoms with Crippen LogP contribution in [0, 0.1) is 6.92 Å². The largest absolute Gasteiger partial charge is 0.493 e. The van der Waals surface area contributed by atoms with E-state index in [-0.39, 0.29) is 0 Å². The molecule has 0 spiro atoms. The van der Waals surface area contributed by atoms with Gasteiger partial charge >= 0.3 is 0 Å².